The molecular weight excluding hydrogens is 356 g/mol. The molecular formula is C17H26N4O4S. The number of rotatable bonds is 6. The number of hydrogen-bond acceptors (Lipinski definition) is 5. The Hall–Kier alpha value is -1.97. The van der Waals surface area contributed by atoms with Crippen LogP contribution in [0.4, 0.5) is 0 Å². The zero-order valence-electron chi connectivity index (χ0n) is 15.3. The summed E-state index contributed by atoms with van der Waals surface area (Å²) in [6.07, 6.45) is 0. The van der Waals surface area contributed by atoms with Crippen LogP contribution in [0.5, 0.6) is 0 Å². The molecule has 0 spiro atoms. The van der Waals surface area contributed by atoms with Crippen LogP contribution in [0.1, 0.15) is 31.1 Å². The second kappa shape index (κ2) is 7.73. The van der Waals surface area contributed by atoms with E-state index in [1.165, 1.54) is 24.3 Å². The number of nitrogens with one attached hydrogen (secondary N) is 2. The van der Waals surface area contributed by atoms with Gasteiger partial charge in [0.2, 0.25) is 15.9 Å². The molecule has 26 heavy (non-hydrogen) atoms. The third kappa shape index (κ3) is 4.22. The zero-order valence-corrected chi connectivity index (χ0v) is 16.1. The van der Waals surface area contributed by atoms with Crippen molar-refractivity contribution in [1.29, 1.82) is 0 Å². The van der Waals surface area contributed by atoms with Gasteiger partial charge < -0.3 is 16.4 Å². The van der Waals surface area contributed by atoms with Gasteiger partial charge in [-0.3, -0.25) is 9.59 Å². The predicted molar refractivity (Wildman–Crippen MR) is 98.0 cm³/mol. The Balaban J connectivity index is 2.17. The van der Waals surface area contributed by atoms with E-state index in [1.807, 2.05) is 20.8 Å². The van der Waals surface area contributed by atoms with Gasteiger partial charge in [-0.05, 0) is 37.1 Å². The van der Waals surface area contributed by atoms with Gasteiger partial charge in [0, 0.05) is 25.2 Å². The Morgan fingerprint density at radius 3 is 2.46 bits per heavy atom. The van der Waals surface area contributed by atoms with E-state index in [0.717, 1.165) is 4.31 Å². The Kier molecular flexibility index (Phi) is 6.05. The van der Waals surface area contributed by atoms with Crippen molar-refractivity contribution in [2.75, 3.05) is 26.2 Å². The Bertz CT molecular complexity index is 776. The third-order valence-electron chi connectivity index (χ3n) is 4.86. The van der Waals surface area contributed by atoms with Gasteiger partial charge in [0.1, 0.15) is 0 Å². The van der Waals surface area contributed by atoms with E-state index in [2.05, 4.69) is 10.6 Å². The molecule has 1 saturated heterocycles. The highest BCUT2D eigenvalue weighted by Crippen LogP contribution is 2.19. The summed E-state index contributed by atoms with van der Waals surface area (Å²) in [6.45, 7) is 6.41. The van der Waals surface area contributed by atoms with Crippen molar-refractivity contribution in [3.05, 3.63) is 29.8 Å². The van der Waals surface area contributed by atoms with Crippen LogP contribution in [-0.4, -0.2) is 56.3 Å². The molecule has 0 saturated carbocycles. The van der Waals surface area contributed by atoms with Gasteiger partial charge in [0.25, 0.3) is 5.91 Å². The van der Waals surface area contributed by atoms with E-state index in [1.54, 1.807) is 0 Å². The Labute approximate surface area is 154 Å². The number of hydrogen-bond donors (Lipinski definition) is 3. The van der Waals surface area contributed by atoms with Gasteiger partial charge >= 0.3 is 0 Å². The first-order valence-electron chi connectivity index (χ1n) is 8.49. The largest absolute Gasteiger partial charge is 0.354 e. The minimum atomic E-state index is -3.77. The molecule has 0 radical (unpaired) electrons. The minimum Gasteiger partial charge on any atom is -0.354 e. The fourth-order valence-corrected chi connectivity index (χ4v) is 3.91. The number of nitrogens with two attached hydrogens (primary N) is 1. The maximum absolute atomic E-state index is 12.6. The summed E-state index contributed by atoms with van der Waals surface area (Å²) in [5.41, 5.74) is 5.57. The van der Waals surface area contributed by atoms with Crippen LogP contribution in [0.25, 0.3) is 0 Å². The highest BCUT2D eigenvalue weighted by molar-refractivity contribution is 7.89. The molecule has 1 aliphatic heterocycles. The number of benzene rings is 1. The van der Waals surface area contributed by atoms with Crippen molar-refractivity contribution in [2.24, 2.45) is 11.7 Å². The van der Waals surface area contributed by atoms with Gasteiger partial charge in [0.15, 0.2) is 0 Å². The monoisotopic (exact) mass is 382 g/mol. The topological polar surface area (TPSA) is 122 Å². The lowest BCUT2D eigenvalue weighted by molar-refractivity contribution is -0.122. The molecule has 1 unspecified atom stereocenters. The summed E-state index contributed by atoms with van der Waals surface area (Å²) in [4.78, 5) is 23.9. The van der Waals surface area contributed by atoms with Gasteiger partial charge in [-0.1, -0.05) is 13.8 Å². The van der Waals surface area contributed by atoms with Crippen molar-refractivity contribution in [3.63, 3.8) is 0 Å². The zero-order chi connectivity index (χ0) is 19.5. The van der Waals surface area contributed by atoms with Crippen LogP contribution in [0, 0.1) is 5.92 Å². The van der Waals surface area contributed by atoms with Crippen LogP contribution in [0.15, 0.2) is 29.2 Å². The number of amides is 2. The van der Waals surface area contributed by atoms with Crippen LogP contribution in [0.2, 0.25) is 0 Å². The van der Waals surface area contributed by atoms with Crippen molar-refractivity contribution in [2.45, 2.75) is 31.2 Å². The molecule has 1 aromatic carbocycles. The van der Waals surface area contributed by atoms with E-state index in [9.17, 15) is 18.0 Å². The quantitative estimate of drug-likeness (QED) is 0.635. The average Bonchev–Trinajstić information content (AvgIpc) is 2.61. The highest BCUT2D eigenvalue weighted by atomic mass is 32.2. The molecule has 2 amide bonds. The summed E-state index contributed by atoms with van der Waals surface area (Å²) in [7, 11) is -3.77. The van der Waals surface area contributed by atoms with E-state index >= 15 is 0 Å². The van der Waals surface area contributed by atoms with Gasteiger partial charge in [-0.25, -0.2) is 8.42 Å². The smallest absolute Gasteiger partial charge is 0.251 e. The van der Waals surface area contributed by atoms with E-state index in [4.69, 9.17) is 5.73 Å². The molecule has 8 nitrogen and oxygen atoms in total. The van der Waals surface area contributed by atoms with Crippen molar-refractivity contribution >= 4 is 21.8 Å². The maximum Gasteiger partial charge on any atom is 0.251 e. The summed E-state index contributed by atoms with van der Waals surface area (Å²) in [6, 6.07) is 5.69. The molecule has 1 aromatic rings. The number of sulfonamides is 1. The van der Waals surface area contributed by atoms with E-state index in [-0.39, 0.29) is 42.3 Å². The fraction of sp³-hybridized carbons (Fsp3) is 0.529. The van der Waals surface area contributed by atoms with Crippen molar-refractivity contribution in [1.82, 2.24) is 14.9 Å². The third-order valence-corrected chi connectivity index (χ3v) is 6.71. The average molecular weight is 382 g/mol. The van der Waals surface area contributed by atoms with Crippen LogP contribution in [-0.2, 0) is 14.8 Å². The van der Waals surface area contributed by atoms with Crippen molar-refractivity contribution < 1.29 is 18.0 Å². The first kappa shape index (κ1) is 20.3. The molecule has 1 atom stereocenters. The van der Waals surface area contributed by atoms with Crippen LogP contribution in [0.3, 0.4) is 0 Å². The lowest BCUT2D eigenvalue weighted by Crippen LogP contribution is -2.55. The molecule has 0 aliphatic carbocycles. The molecule has 1 heterocycles. The Morgan fingerprint density at radius 2 is 1.96 bits per heavy atom. The second-order valence-electron chi connectivity index (χ2n) is 6.94. The summed E-state index contributed by atoms with van der Waals surface area (Å²) >= 11 is 0. The lowest BCUT2D eigenvalue weighted by atomic mass is 9.88. The highest BCUT2D eigenvalue weighted by Gasteiger charge is 2.31. The van der Waals surface area contributed by atoms with E-state index < -0.39 is 15.6 Å². The molecule has 144 valence electrons. The van der Waals surface area contributed by atoms with E-state index in [0.29, 0.717) is 12.1 Å². The standard InChI is InChI=1S/C17H26N4O4S/c1-12(2)17(3,11-18)20-16(23)13-4-6-14(7-5-13)26(24,25)21-9-8-19-15(22)10-21/h4-7,12H,8-11,18H2,1-3H3,(H,19,22)(H,20,23). The fourth-order valence-electron chi connectivity index (χ4n) is 2.51. The Morgan fingerprint density at radius 1 is 1.35 bits per heavy atom. The summed E-state index contributed by atoms with van der Waals surface area (Å²) in [5.74, 6) is -0.500. The van der Waals surface area contributed by atoms with Gasteiger partial charge in [-0.2, -0.15) is 4.31 Å². The molecule has 9 heteroatoms. The normalized spacial score (nSPS) is 18.3. The number of carbonyl (C=O) groups is 2. The van der Waals surface area contributed by atoms with Crippen molar-refractivity contribution in [3.8, 4) is 0 Å². The first-order valence-corrected chi connectivity index (χ1v) is 9.93. The van der Waals surface area contributed by atoms with Gasteiger partial charge in [-0.15, -0.1) is 0 Å². The summed E-state index contributed by atoms with van der Waals surface area (Å²) < 4.78 is 26.3. The van der Waals surface area contributed by atoms with Gasteiger partial charge in [0.05, 0.1) is 17.0 Å². The molecule has 4 N–H and O–H groups in total. The van der Waals surface area contributed by atoms with Crippen LogP contribution >= 0.6 is 0 Å². The second-order valence-corrected chi connectivity index (χ2v) is 8.88. The molecule has 0 aromatic heterocycles. The SMILES string of the molecule is CC(C)C(C)(CN)NC(=O)c1ccc(S(=O)(=O)N2CCNC(=O)C2)cc1. The minimum absolute atomic E-state index is 0.0502. The molecule has 1 aliphatic rings. The number of piperazine rings is 1. The van der Waals surface area contributed by atoms with Crippen LogP contribution < -0.4 is 16.4 Å². The maximum atomic E-state index is 12.6. The summed E-state index contributed by atoms with van der Waals surface area (Å²) in [5, 5.41) is 5.50. The predicted octanol–water partition coefficient (Wildman–Crippen LogP) is -0.0897. The number of nitrogens with zero attached hydrogens (tertiary/aromatic N) is 1. The first-order chi connectivity index (χ1) is 12.1. The molecule has 0 bridgehead atoms. The number of carbonyl (C=O) groups excluding carboxylic acids is 2. The lowest BCUT2D eigenvalue weighted by Gasteiger charge is -2.33. The molecule has 2 rings (SSSR count). The molecule has 1 fully saturated rings.